The van der Waals surface area contributed by atoms with Crippen molar-refractivity contribution < 1.29 is 14.9 Å². The molecule has 0 fully saturated rings. The van der Waals surface area contributed by atoms with Crippen LogP contribution in [0.4, 0.5) is 11.5 Å². The normalized spacial score (nSPS) is 11.7. The van der Waals surface area contributed by atoms with Crippen LogP contribution in [0.2, 0.25) is 0 Å². The molecule has 116 valence electrons. The summed E-state index contributed by atoms with van der Waals surface area (Å²) < 4.78 is 5.01. The molecule has 0 radical (unpaired) electrons. The Balaban J connectivity index is 3.29. The van der Waals surface area contributed by atoms with Crippen molar-refractivity contribution in [2.24, 2.45) is 10.9 Å². The monoisotopic (exact) mass is 297 g/mol. The first kappa shape index (κ1) is 16.6. The minimum absolute atomic E-state index is 0.000978. The van der Waals surface area contributed by atoms with Crippen LogP contribution in [0, 0.1) is 10.1 Å². The molecule has 1 aromatic heterocycles. The average Bonchev–Trinajstić information content (AvgIpc) is 2.46. The van der Waals surface area contributed by atoms with Crippen molar-refractivity contribution in [3.8, 4) is 0 Å². The number of ether oxygens (including phenoxy) is 1. The minimum atomic E-state index is -0.543. The molecular weight excluding hydrogens is 278 g/mol. The molecule has 0 aliphatic carbocycles. The third-order valence-electron chi connectivity index (χ3n) is 2.88. The molecule has 1 rings (SSSR count). The first-order chi connectivity index (χ1) is 9.92. The highest BCUT2D eigenvalue weighted by Gasteiger charge is 2.24. The molecule has 0 aliphatic rings. The molecule has 0 bridgehead atoms. The topological polar surface area (TPSA) is 127 Å². The van der Waals surface area contributed by atoms with Gasteiger partial charge in [0.1, 0.15) is 0 Å². The van der Waals surface area contributed by atoms with Gasteiger partial charge in [0.25, 0.3) is 0 Å². The molecule has 1 aromatic rings. The molecule has 0 aliphatic heterocycles. The summed E-state index contributed by atoms with van der Waals surface area (Å²) in [6.07, 6.45) is 1.33. The van der Waals surface area contributed by atoms with E-state index < -0.39 is 4.92 Å². The van der Waals surface area contributed by atoms with Crippen LogP contribution in [0.25, 0.3) is 0 Å². The van der Waals surface area contributed by atoms with Crippen LogP contribution in [0.3, 0.4) is 0 Å². The van der Waals surface area contributed by atoms with E-state index >= 15 is 0 Å². The van der Waals surface area contributed by atoms with E-state index in [9.17, 15) is 10.1 Å². The van der Waals surface area contributed by atoms with Crippen LogP contribution >= 0.6 is 0 Å². The summed E-state index contributed by atoms with van der Waals surface area (Å²) in [6.45, 7) is 4.68. The predicted octanol–water partition coefficient (Wildman–Crippen LogP) is 0.946. The van der Waals surface area contributed by atoms with Crippen molar-refractivity contribution >= 4 is 17.3 Å². The van der Waals surface area contributed by atoms with Crippen LogP contribution < -0.4 is 10.6 Å². The largest absolute Gasteiger partial charge is 0.409 e. The van der Waals surface area contributed by atoms with Gasteiger partial charge >= 0.3 is 5.69 Å². The number of nitro groups is 1. The first-order valence-electron chi connectivity index (χ1n) is 6.30. The van der Waals surface area contributed by atoms with Gasteiger partial charge in [-0.3, -0.25) is 10.1 Å². The van der Waals surface area contributed by atoms with Gasteiger partial charge in [-0.2, -0.15) is 0 Å². The molecule has 21 heavy (non-hydrogen) atoms. The quantitative estimate of drug-likeness (QED) is 0.252. The lowest BCUT2D eigenvalue weighted by Crippen LogP contribution is -2.35. The lowest BCUT2D eigenvalue weighted by molar-refractivity contribution is -0.384. The lowest BCUT2D eigenvalue weighted by Gasteiger charge is -2.27. The number of rotatable bonds is 7. The van der Waals surface area contributed by atoms with Gasteiger partial charge in [0, 0.05) is 37.5 Å². The maximum absolute atomic E-state index is 11.3. The Hall–Kier alpha value is -2.42. The number of nitrogens with zero attached hydrogens (tertiary/aromatic N) is 4. The summed E-state index contributed by atoms with van der Waals surface area (Å²) in [5.41, 5.74) is 5.41. The van der Waals surface area contributed by atoms with Crippen molar-refractivity contribution in [3.63, 3.8) is 0 Å². The molecule has 0 saturated heterocycles. The number of nitrogens with two attached hydrogens (primary N) is 1. The van der Waals surface area contributed by atoms with Crippen LogP contribution in [-0.2, 0) is 4.74 Å². The van der Waals surface area contributed by atoms with Crippen molar-refractivity contribution in [3.05, 3.63) is 27.9 Å². The van der Waals surface area contributed by atoms with Gasteiger partial charge in [-0.1, -0.05) is 5.16 Å². The number of pyridine rings is 1. The molecule has 0 atom stereocenters. The Bertz CT molecular complexity index is 532. The number of oxime groups is 1. The van der Waals surface area contributed by atoms with Crippen molar-refractivity contribution in [1.29, 1.82) is 0 Å². The van der Waals surface area contributed by atoms with E-state index in [2.05, 4.69) is 10.1 Å². The number of methoxy groups -OCH3 is 1. The van der Waals surface area contributed by atoms with Crippen molar-refractivity contribution in [2.75, 3.05) is 25.2 Å². The van der Waals surface area contributed by atoms with E-state index in [0.29, 0.717) is 13.2 Å². The van der Waals surface area contributed by atoms with E-state index in [1.54, 1.807) is 12.0 Å². The van der Waals surface area contributed by atoms with Gasteiger partial charge in [0.05, 0.1) is 11.5 Å². The predicted molar refractivity (Wildman–Crippen MR) is 77.8 cm³/mol. The summed E-state index contributed by atoms with van der Waals surface area (Å²) in [7, 11) is 1.56. The van der Waals surface area contributed by atoms with Gasteiger partial charge in [-0.25, -0.2) is 4.98 Å². The molecule has 0 aromatic carbocycles. The number of amidine groups is 1. The van der Waals surface area contributed by atoms with Gasteiger partial charge in [-0.15, -0.1) is 0 Å². The second-order valence-corrected chi connectivity index (χ2v) is 4.59. The number of anilines is 1. The zero-order chi connectivity index (χ0) is 16.0. The number of hydrogen-bond donors (Lipinski definition) is 2. The highest BCUT2D eigenvalue weighted by atomic mass is 16.6. The second-order valence-electron chi connectivity index (χ2n) is 4.59. The van der Waals surface area contributed by atoms with Gasteiger partial charge in [-0.05, 0) is 13.8 Å². The lowest BCUT2D eigenvalue weighted by atomic mass is 10.2. The van der Waals surface area contributed by atoms with Crippen LogP contribution in [0.1, 0.15) is 19.4 Å². The van der Waals surface area contributed by atoms with E-state index in [1.165, 1.54) is 12.3 Å². The van der Waals surface area contributed by atoms with Gasteiger partial charge in [0.15, 0.2) is 5.84 Å². The number of aromatic nitrogens is 1. The Morgan fingerprint density at radius 3 is 2.81 bits per heavy atom. The maximum atomic E-state index is 11.3. The fourth-order valence-corrected chi connectivity index (χ4v) is 1.80. The molecule has 9 nitrogen and oxygen atoms in total. The third-order valence-corrected chi connectivity index (χ3v) is 2.88. The third kappa shape index (κ3) is 4.02. The Labute approximate surface area is 122 Å². The van der Waals surface area contributed by atoms with E-state index in [-0.39, 0.29) is 28.9 Å². The van der Waals surface area contributed by atoms with Gasteiger partial charge < -0.3 is 20.6 Å². The smallest absolute Gasteiger partial charge is 0.312 e. The highest BCUT2D eigenvalue weighted by Crippen LogP contribution is 2.27. The summed E-state index contributed by atoms with van der Waals surface area (Å²) in [4.78, 5) is 16.6. The summed E-state index contributed by atoms with van der Waals surface area (Å²) in [6, 6.07) is 1.24. The van der Waals surface area contributed by atoms with Crippen LogP contribution in [0.5, 0.6) is 0 Å². The number of hydrogen-bond acceptors (Lipinski definition) is 7. The van der Waals surface area contributed by atoms with Crippen molar-refractivity contribution in [2.45, 2.75) is 19.9 Å². The minimum Gasteiger partial charge on any atom is -0.409 e. The van der Waals surface area contributed by atoms with E-state index in [1.807, 2.05) is 13.8 Å². The molecule has 9 heteroatoms. The Kier molecular flexibility index (Phi) is 5.85. The fourth-order valence-electron chi connectivity index (χ4n) is 1.80. The van der Waals surface area contributed by atoms with E-state index in [4.69, 9.17) is 15.7 Å². The zero-order valence-corrected chi connectivity index (χ0v) is 12.2. The van der Waals surface area contributed by atoms with E-state index in [0.717, 1.165) is 0 Å². The molecule has 3 N–H and O–H groups in total. The van der Waals surface area contributed by atoms with Crippen LogP contribution in [0.15, 0.2) is 17.4 Å². The highest BCUT2D eigenvalue weighted by molar-refractivity contribution is 5.97. The average molecular weight is 297 g/mol. The Morgan fingerprint density at radius 2 is 2.33 bits per heavy atom. The fraction of sp³-hybridized carbons (Fsp3) is 0.500. The SMILES string of the molecule is COCCN(c1ncc(C(N)=NO)cc1[N+](=O)[O-])C(C)C. The molecule has 1 heterocycles. The molecule has 0 amide bonds. The standard InChI is InChI=1S/C12H19N5O4/c1-8(2)16(4-5-21-3)12-10(17(19)20)6-9(7-14-12)11(13)15-18/h6-8,18H,4-5H2,1-3H3,(H2,13,15). The van der Waals surface area contributed by atoms with Crippen LogP contribution in [-0.4, -0.2) is 47.3 Å². The zero-order valence-electron chi connectivity index (χ0n) is 12.2. The first-order valence-corrected chi connectivity index (χ1v) is 6.30. The van der Waals surface area contributed by atoms with Gasteiger partial charge in [0.2, 0.25) is 5.82 Å². The maximum Gasteiger partial charge on any atom is 0.312 e. The molecule has 0 spiro atoms. The molecule has 0 unspecified atom stereocenters. The summed E-state index contributed by atoms with van der Waals surface area (Å²) in [5.74, 6) is -0.00771. The summed E-state index contributed by atoms with van der Waals surface area (Å²) in [5, 5.41) is 22.7. The second kappa shape index (κ2) is 7.39. The molecular formula is C12H19N5O4. The Morgan fingerprint density at radius 1 is 1.67 bits per heavy atom. The summed E-state index contributed by atoms with van der Waals surface area (Å²) >= 11 is 0. The van der Waals surface area contributed by atoms with Crippen molar-refractivity contribution in [1.82, 2.24) is 4.98 Å². The molecule has 0 saturated carbocycles.